The molecule has 0 radical (unpaired) electrons. The van der Waals surface area contributed by atoms with E-state index in [1.54, 1.807) is 0 Å². The van der Waals surface area contributed by atoms with Gasteiger partial charge in [-0.2, -0.15) is 0 Å². The fraction of sp³-hybridized carbons (Fsp3) is 0. The van der Waals surface area contributed by atoms with E-state index in [-0.39, 0.29) is 0 Å². The number of rotatable bonds is 2. The van der Waals surface area contributed by atoms with Gasteiger partial charge in [0.1, 0.15) is 16.7 Å². The first-order valence-electron chi connectivity index (χ1n) is 14.5. The second-order valence-corrected chi connectivity index (χ2v) is 11.1. The van der Waals surface area contributed by atoms with Gasteiger partial charge in [0.2, 0.25) is 0 Å². The van der Waals surface area contributed by atoms with Crippen LogP contribution >= 0.6 is 0 Å². The molecule has 0 fully saturated rings. The lowest BCUT2D eigenvalue weighted by Crippen LogP contribution is -1.95. The van der Waals surface area contributed by atoms with Gasteiger partial charge in [-0.25, -0.2) is 4.98 Å². The van der Waals surface area contributed by atoms with Gasteiger partial charge >= 0.3 is 0 Å². The summed E-state index contributed by atoms with van der Waals surface area (Å²) in [6.07, 6.45) is 0. The summed E-state index contributed by atoms with van der Waals surface area (Å²) in [7, 11) is 0. The number of hydrogen-bond acceptors (Lipinski definition) is 3. The monoisotopic (exact) mass is 550 g/mol. The Kier molecular flexibility index (Phi) is 4.42. The minimum atomic E-state index is 0.805. The molecule has 10 aromatic rings. The predicted molar refractivity (Wildman–Crippen MR) is 176 cm³/mol. The molecular weight excluding hydrogens is 528 g/mol. The van der Waals surface area contributed by atoms with Gasteiger partial charge in [-0.15, -0.1) is 0 Å². The Morgan fingerprint density at radius 2 is 1.16 bits per heavy atom. The van der Waals surface area contributed by atoms with E-state index >= 15 is 0 Å². The molecule has 4 heterocycles. The average molecular weight is 551 g/mol. The number of benzene rings is 6. The molecule has 43 heavy (non-hydrogen) atoms. The lowest BCUT2D eigenvalue weighted by molar-refractivity contribution is 0.669. The van der Waals surface area contributed by atoms with Crippen molar-refractivity contribution in [2.24, 2.45) is 0 Å². The molecule has 10 rings (SSSR count). The summed E-state index contributed by atoms with van der Waals surface area (Å²) in [5, 5.41) is 6.69. The zero-order valence-electron chi connectivity index (χ0n) is 22.9. The van der Waals surface area contributed by atoms with Crippen LogP contribution in [0.15, 0.2) is 142 Å². The Bertz CT molecular complexity index is 2740. The van der Waals surface area contributed by atoms with Gasteiger partial charge in [0.05, 0.1) is 16.6 Å². The molecule has 0 amide bonds. The summed E-state index contributed by atoms with van der Waals surface area (Å²) < 4.78 is 15.4. The lowest BCUT2D eigenvalue weighted by Gasteiger charge is -2.12. The first kappa shape index (κ1) is 22.8. The minimum Gasteiger partial charge on any atom is -0.454 e. The van der Waals surface area contributed by atoms with Crippen LogP contribution in [0.2, 0.25) is 0 Å². The molecule has 4 aromatic heterocycles. The molecule has 0 aliphatic carbocycles. The van der Waals surface area contributed by atoms with E-state index in [9.17, 15) is 0 Å². The second-order valence-electron chi connectivity index (χ2n) is 11.1. The number of nitrogens with zero attached hydrogens (tertiary/aromatic N) is 2. The zero-order valence-corrected chi connectivity index (χ0v) is 22.9. The standard InChI is InChI=1S/C39H22N2O2/c1-5-16-31-29(14-1)35(39-36(40-31)30-15-4-8-19-34(30)43-39)23-10-9-11-24(22-23)41-32-17-6-2-12-25(32)27-20-21-28-26-13-3-7-18-33(26)42-38(28)37(27)41/h1-22H. The van der Waals surface area contributed by atoms with Gasteiger partial charge in [0.25, 0.3) is 0 Å². The maximum Gasteiger partial charge on any atom is 0.162 e. The highest BCUT2D eigenvalue weighted by molar-refractivity contribution is 6.21. The van der Waals surface area contributed by atoms with E-state index < -0.39 is 0 Å². The highest BCUT2D eigenvalue weighted by Gasteiger charge is 2.21. The molecule has 0 saturated carbocycles. The smallest absolute Gasteiger partial charge is 0.162 e. The van der Waals surface area contributed by atoms with Crippen molar-refractivity contribution in [3.8, 4) is 16.8 Å². The van der Waals surface area contributed by atoms with E-state index in [2.05, 4.69) is 102 Å². The summed E-state index contributed by atoms with van der Waals surface area (Å²) in [6, 6.07) is 46.5. The van der Waals surface area contributed by atoms with Gasteiger partial charge in [0, 0.05) is 43.6 Å². The number of furan rings is 2. The molecule has 0 bridgehead atoms. The number of aromatic nitrogens is 2. The Morgan fingerprint density at radius 3 is 2.05 bits per heavy atom. The van der Waals surface area contributed by atoms with Crippen molar-refractivity contribution in [2.45, 2.75) is 0 Å². The summed E-state index contributed by atoms with van der Waals surface area (Å²) in [5.41, 5.74) is 10.7. The molecule has 4 nitrogen and oxygen atoms in total. The van der Waals surface area contributed by atoms with Gasteiger partial charge in [-0.3, -0.25) is 0 Å². The normalized spacial score (nSPS) is 12.2. The predicted octanol–water partition coefficient (Wildman–Crippen LogP) is 10.8. The van der Waals surface area contributed by atoms with Crippen molar-refractivity contribution in [1.29, 1.82) is 0 Å². The van der Waals surface area contributed by atoms with E-state index in [0.29, 0.717) is 0 Å². The Hall–Kier alpha value is -5.87. The summed E-state index contributed by atoms with van der Waals surface area (Å²) in [4.78, 5) is 5.05. The van der Waals surface area contributed by atoms with Crippen LogP contribution in [-0.2, 0) is 0 Å². The van der Waals surface area contributed by atoms with Crippen LogP contribution in [0, 0.1) is 0 Å². The first-order valence-corrected chi connectivity index (χ1v) is 14.5. The van der Waals surface area contributed by atoms with Gasteiger partial charge < -0.3 is 13.4 Å². The number of hydrogen-bond donors (Lipinski definition) is 0. The molecule has 0 aliphatic rings. The highest BCUT2D eigenvalue weighted by Crippen LogP contribution is 2.43. The van der Waals surface area contributed by atoms with Crippen LogP contribution in [0.5, 0.6) is 0 Å². The quantitative estimate of drug-likeness (QED) is 0.215. The zero-order chi connectivity index (χ0) is 28.1. The van der Waals surface area contributed by atoms with E-state index in [1.165, 1.54) is 10.8 Å². The van der Waals surface area contributed by atoms with Crippen LogP contribution in [-0.4, -0.2) is 9.55 Å². The van der Waals surface area contributed by atoms with Crippen molar-refractivity contribution in [3.63, 3.8) is 0 Å². The Balaban J connectivity index is 1.33. The molecule has 200 valence electrons. The first-order chi connectivity index (χ1) is 21.3. The van der Waals surface area contributed by atoms with Crippen LogP contribution < -0.4 is 0 Å². The highest BCUT2D eigenvalue weighted by atomic mass is 16.3. The van der Waals surface area contributed by atoms with E-state index in [0.717, 1.165) is 82.8 Å². The molecule has 0 N–H and O–H groups in total. The average Bonchev–Trinajstić information content (AvgIpc) is 3.73. The summed E-state index contributed by atoms with van der Waals surface area (Å²) in [6.45, 7) is 0. The lowest BCUT2D eigenvalue weighted by atomic mass is 9.99. The fourth-order valence-corrected chi connectivity index (χ4v) is 6.92. The van der Waals surface area contributed by atoms with Gasteiger partial charge in [-0.05, 0) is 54.1 Å². The minimum absolute atomic E-state index is 0.805. The van der Waals surface area contributed by atoms with Crippen LogP contribution in [0.1, 0.15) is 0 Å². The van der Waals surface area contributed by atoms with Crippen LogP contribution in [0.25, 0.3) is 93.5 Å². The van der Waals surface area contributed by atoms with Crippen molar-refractivity contribution in [1.82, 2.24) is 9.55 Å². The number of pyridine rings is 1. The van der Waals surface area contributed by atoms with Crippen molar-refractivity contribution >= 4 is 76.7 Å². The molecule has 6 aromatic carbocycles. The molecule has 0 unspecified atom stereocenters. The Labute approximate surface area is 245 Å². The Morgan fingerprint density at radius 1 is 0.488 bits per heavy atom. The molecule has 0 aliphatic heterocycles. The molecule has 0 atom stereocenters. The van der Waals surface area contributed by atoms with E-state index in [4.69, 9.17) is 13.8 Å². The fourth-order valence-electron chi connectivity index (χ4n) is 6.92. The summed E-state index contributed by atoms with van der Waals surface area (Å²) in [5.74, 6) is 0. The third-order valence-electron chi connectivity index (χ3n) is 8.77. The van der Waals surface area contributed by atoms with Gasteiger partial charge in [-0.1, -0.05) is 84.9 Å². The van der Waals surface area contributed by atoms with Crippen molar-refractivity contribution < 1.29 is 8.83 Å². The molecular formula is C39H22N2O2. The second kappa shape index (κ2) is 8.34. The topological polar surface area (TPSA) is 44.1 Å². The third kappa shape index (κ3) is 3.07. The van der Waals surface area contributed by atoms with Crippen LogP contribution in [0.4, 0.5) is 0 Å². The molecule has 0 saturated heterocycles. The van der Waals surface area contributed by atoms with Gasteiger partial charge in [0.15, 0.2) is 11.2 Å². The molecule has 0 spiro atoms. The van der Waals surface area contributed by atoms with Crippen LogP contribution in [0.3, 0.4) is 0 Å². The summed E-state index contributed by atoms with van der Waals surface area (Å²) >= 11 is 0. The number of fused-ring (bicyclic) bond motifs is 11. The van der Waals surface area contributed by atoms with Crippen molar-refractivity contribution in [2.75, 3.05) is 0 Å². The van der Waals surface area contributed by atoms with E-state index in [1.807, 2.05) is 36.4 Å². The maximum absolute atomic E-state index is 6.58. The SMILES string of the molecule is c1cc(-c2c3ccccc3nc3c2oc2ccccc23)cc(-n2c3ccccc3c3ccc4c5ccccc5oc4c32)c1. The maximum atomic E-state index is 6.58. The largest absolute Gasteiger partial charge is 0.454 e. The van der Waals surface area contributed by atoms with Crippen molar-refractivity contribution in [3.05, 3.63) is 133 Å². The number of para-hydroxylation sites is 4. The third-order valence-corrected chi connectivity index (χ3v) is 8.77. The molecule has 4 heteroatoms.